The summed E-state index contributed by atoms with van der Waals surface area (Å²) in [7, 11) is 0. The van der Waals surface area contributed by atoms with Gasteiger partial charge >= 0.3 is 0 Å². The van der Waals surface area contributed by atoms with Gasteiger partial charge in [-0.25, -0.2) is 0 Å². The van der Waals surface area contributed by atoms with Crippen molar-refractivity contribution in [3.8, 4) is 0 Å². The van der Waals surface area contributed by atoms with E-state index in [0.29, 0.717) is 32.4 Å². The second kappa shape index (κ2) is 10.0. The maximum atomic E-state index is 12.7. The Morgan fingerprint density at radius 3 is 2.07 bits per heavy atom. The Hall–Kier alpha value is -2.66. The van der Waals surface area contributed by atoms with E-state index < -0.39 is 5.41 Å². The third-order valence-corrected chi connectivity index (χ3v) is 5.48. The van der Waals surface area contributed by atoms with Crippen molar-refractivity contribution in [3.05, 3.63) is 60.2 Å². The lowest BCUT2D eigenvalue weighted by Gasteiger charge is -2.28. The van der Waals surface area contributed by atoms with Gasteiger partial charge in [-0.1, -0.05) is 44.2 Å². The third-order valence-electron chi connectivity index (χ3n) is 5.48. The van der Waals surface area contributed by atoms with Crippen molar-refractivity contribution in [2.75, 3.05) is 23.3 Å². The lowest BCUT2D eigenvalue weighted by Crippen LogP contribution is -2.41. The molecule has 0 spiro atoms. The van der Waals surface area contributed by atoms with E-state index in [4.69, 9.17) is 5.73 Å². The van der Waals surface area contributed by atoms with Crippen LogP contribution >= 0.6 is 0 Å². The summed E-state index contributed by atoms with van der Waals surface area (Å²) in [5.41, 5.74) is 7.84. The predicted octanol–water partition coefficient (Wildman–Crippen LogP) is 3.99. The fraction of sp³-hybridized carbons (Fsp3) is 0.391. The fourth-order valence-electron chi connectivity index (χ4n) is 3.30. The molecule has 5 heteroatoms. The van der Waals surface area contributed by atoms with Gasteiger partial charge in [0, 0.05) is 24.5 Å². The number of carbonyl (C=O) groups is 2. The van der Waals surface area contributed by atoms with Gasteiger partial charge in [-0.05, 0) is 49.6 Å². The summed E-state index contributed by atoms with van der Waals surface area (Å²) in [6, 6.07) is 17.1. The van der Waals surface area contributed by atoms with E-state index in [1.165, 1.54) is 0 Å². The molecule has 2 aromatic rings. The maximum absolute atomic E-state index is 12.7. The lowest BCUT2D eigenvalue weighted by atomic mass is 9.81. The van der Waals surface area contributed by atoms with Crippen molar-refractivity contribution >= 4 is 23.2 Å². The minimum absolute atomic E-state index is 0.0459. The highest BCUT2D eigenvalue weighted by molar-refractivity contribution is 5.96. The molecule has 0 aliphatic heterocycles. The van der Waals surface area contributed by atoms with Crippen LogP contribution in [0.2, 0.25) is 0 Å². The maximum Gasteiger partial charge on any atom is 0.231 e. The molecule has 2 amide bonds. The number of nitrogens with one attached hydrogen (secondary N) is 1. The zero-order chi connectivity index (χ0) is 20.6. The molecule has 0 unspecified atom stereocenters. The summed E-state index contributed by atoms with van der Waals surface area (Å²) in [6.07, 6.45) is 1.71. The van der Waals surface area contributed by atoms with E-state index in [1.807, 2.05) is 75.4 Å². The Bertz CT molecular complexity index is 760. The number of likely N-dealkylation sites (N-methyl/N-ethyl adjacent to an activating group) is 1. The molecule has 0 aliphatic rings. The van der Waals surface area contributed by atoms with Gasteiger partial charge in [0.1, 0.15) is 0 Å². The first-order valence-electron chi connectivity index (χ1n) is 9.95. The number of hydrogen-bond acceptors (Lipinski definition) is 3. The van der Waals surface area contributed by atoms with Gasteiger partial charge in [0.05, 0.1) is 11.8 Å². The van der Waals surface area contributed by atoms with Crippen LogP contribution in [0.3, 0.4) is 0 Å². The zero-order valence-electron chi connectivity index (χ0n) is 17.1. The van der Waals surface area contributed by atoms with Gasteiger partial charge < -0.3 is 16.0 Å². The van der Waals surface area contributed by atoms with Crippen molar-refractivity contribution in [2.45, 2.75) is 40.0 Å². The molecule has 2 rings (SSSR count). The van der Waals surface area contributed by atoms with Crippen LogP contribution in [-0.4, -0.2) is 24.9 Å². The van der Waals surface area contributed by atoms with Crippen LogP contribution in [0.1, 0.15) is 39.2 Å². The van der Waals surface area contributed by atoms with Crippen molar-refractivity contribution in [3.63, 3.8) is 0 Å². The van der Waals surface area contributed by atoms with Crippen LogP contribution in [0, 0.1) is 5.41 Å². The van der Waals surface area contributed by atoms with Crippen LogP contribution in [0.5, 0.6) is 0 Å². The minimum atomic E-state index is -0.536. The van der Waals surface area contributed by atoms with Gasteiger partial charge in [0.15, 0.2) is 0 Å². The molecule has 28 heavy (non-hydrogen) atoms. The van der Waals surface area contributed by atoms with Gasteiger partial charge in [0.25, 0.3) is 0 Å². The summed E-state index contributed by atoms with van der Waals surface area (Å²) in [6.45, 7) is 6.87. The van der Waals surface area contributed by atoms with Crippen LogP contribution < -0.4 is 16.0 Å². The van der Waals surface area contributed by atoms with E-state index in [-0.39, 0.29) is 11.8 Å². The Morgan fingerprint density at radius 1 is 0.964 bits per heavy atom. The first-order valence-corrected chi connectivity index (χ1v) is 9.95. The number of anilines is 2. The molecule has 5 nitrogen and oxygen atoms in total. The average molecular weight is 382 g/mol. The number of rotatable bonds is 9. The molecular weight excluding hydrogens is 350 g/mol. The Balaban J connectivity index is 2.04. The Morgan fingerprint density at radius 2 is 1.57 bits per heavy atom. The Labute approximate surface area is 167 Å². The van der Waals surface area contributed by atoms with Crippen LogP contribution in [-0.2, 0) is 16.0 Å². The number of amides is 2. The molecular formula is C23H31N3O2. The van der Waals surface area contributed by atoms with E-state index in [0.717, 1.165) is 16.9 Å². The molecule has 0 bridgehead atoms. The molecule has 0 saturated carbocycles. The van der Waals surface area contributed by atoms with E-state index in [2.05, 4.69) is 5.32 Å². The number of nitrogens with two attached hydrogens (primary N) is 1. The highest BCUT2D eigenvalue weighted by Crippen LogP contribution is 2.27. The molecule has 0 saturated heterocycles. The number of hydrogen-bond donors (Lipinski definition) is 2. The molecule has 0 fully saturated rings. The highest BCUT2D eigenvalue weighted by atomic mass is 16.2. The second-order valence-corrected chi connectivity index (χ2v) is 6.99. The van der Waals surface area contributed by atoms with Crippen molar-refractivity contribution in [2.24, 2.45) is 11.1 Å². The smallest absolute Gasteiger partial charge is 0.231 e. The first kappa shape index (κ1) is 21.6. The monoisotopic (exact) mass is 381 g/mol. The molecule has 0 radical (unpaired) electrons. The summed E-state index contributed by atoms with van der Waals surface area (Å²) >= 11 is 0. The number of carbonyl (C=O) groups excluding carboxylic acids is 2. The van der Waals surface area contributed by atoms with Crippen LogP contribution in [0.15, 0.2) is 54.6 Å². The van der Waals surface area contributed by atoms with Gasteiger partial charge in [-0.15, -0.1) is 0 Å². The summed E-state index contributed by atoms with van der Waals surface area (Å²) < 4.78 is 0. The number of nitrogens with zero attached hydrogens (tertiary/aromatic N) is 1. The standard InChI is InChI=1S/C23H31N3O2/c1-4-23(5-2,17-24)22(28)25-19-14-12-18(13-15-19)16-21(27)26(6-3)20-10-8-7-9-11-20/h7-15H,4-6,16-17,24H2,1-3H3,(H,25,28). The van der Waals surface area contributed by atoms with Crippen molar-refractivity contribution < 1.29 is 9.59 Å². The van der Waals surface area contributed by atoms with Gasteiger partial charge in [-0.2, -0.15) is 0 Å². The fourth-order valence-corrected chi connectivity index (χ4v) is 3.30. The van der Waals surface area contributed by atoms with Crippen molar-refractivity contribution in [1.29, 1.82) is 0 Å². The summed E-state index contributed by atoms with van der Waals surface area (Å²) in [5, 5.41) is 2.96. The molecule has 0 aromatic heterocycles. The van der Waals surface area contributed by atoms with Crippen LogP contribution in [0.25, 0.3) is 0 Å². The quantitative estimate of drug-likeness (QED) is 0.690. The van der Waals surface area contributed by atoms with Gasteiger partial charge in [-0.3, -0.25) is 9.59 Å². The molecule has 150 valence electrons. The van der Waals surface area contributed by atoms with E-state index >= 15 is 0 Å². The van der Waals surface area contributed by atoms with E-state index in [9.17, 15) is 9.59 Å². The topological polar surface area (TPSA) is 75.4 Å². The highest BCUT2D eigenvalue weighted by Gasteiger charge is 2.33. The summed E-state index contributed by atoms with van der Waals surface area (Å²) in [5.74, 6) is -0.00494. The molecule has 0 atom stereocenters. The molecule has 0 aliphatic carbocycles. The van der Waals surface area contributed by atoms with Crippen molar-refractivity contribution in [1.82, 2.24) is 0 Å². The normalized spacial score (nSPS) is 11.1. The van der Waals surface area contributed by atoms with Gasteiger partial charge in [0.2, 0.25) is 11.8 Å². The zero-order valence-corrected chi connectivity index (χ0v) is 17.1. The first-order chi connectivity index (χ1) is 13.5. The van der Waals surface area contributed by atoms with Crippen LogP contribution in [0.4, 0.5) is 11.4 Å². The molecule has 3 N–H and O–H groups in total. The number of benzene rings is 2. The predicted molar refractivity (Wildman–Crippen MR) is 115 cm³/mol. The minimum Gasteiger partial charge on any atom is -0.329 e. The third kappa shape index (κ3) is 4.98. The summed E-state index contributed by atoms with van der Waals surface area (Å²) in [4.78, 5) is 27.1. The SMILES string of the molecule is CCN(C(=O)Cc1ccc(NC(=O)C(CC)(CC)CN)cc1)c1ccccc1. The number of para-hydroxylation sites is 1. The molecule has 0 heterocycles. The average Bonchev–Trinajstić information content (AvgIpc) is 2.72. The largest absolute Gasteiger partial charge is 0.329 e. The Kier molecular flexibility index (Phi) is 7.76. The molecule has 2 aromatic carbocycles. The lowest BCUT2D eigenvalue weighted by molar-refractivity contribution is -0.125. The second-order valence-electron chi connectivity index (χ2n) is 6.99. The van der Waals surface area contributed by atoms with E-state index in [1.54, 1.807) is 4.90 Å².